The second-order valence-electron chi connectivity index (χ2n) is 4.18. The Morgan fingerprint density at radius 3 is 2.88 bits per heavy atom. The van der Waals surface area contributed by atoms with Crippen molar-refractivity contribution in [3.05, 3.63) is 33.9 Å². The van der Waals surface area contributed by atoms with E-state index in [9.17, 15) is 14.9 Å². The van der Waals surface area contributed by atoms with Crippen molar-refractivity contribution in [1.82, 2.24) is 0 Å². The molecule has 0 saturated heterocycles. The molecule has 1 aromatic rings. The van der Waals surface area contributed by atoms with Gasteiger partial charge >= 0.3 is 0 Å². The topological polar surface area (TPSA) is 72.2 Å². The Morgan fingerprint density at radius 1 is 1.47 bits per heavy atom. The highest BCUT2D eigenvalue weighted by Crippen LogP contribution is 2.40. The molecule has 1 amide bonds. The third-order valence-electron chi connectivity index (χ3n) is 3.06. The fourth-order valence-corrected chi connectivity index (χ4v) is 2.18. The fourth-order valence-electron chi connectivity index (χ4n) is 2.18. The number of nitrogens with zero attached hydrogens (tertiary/aromatic N) is 1. The molecule has 0 fully saturated rings. The van der Waals surface area contributed by atoms with Gasteiger partial charge in [0.1, 0.15) is 5.69 Å². The first-order valence-corrected chi connectivity index (χ1v) is 5.73. The molecule has 0 spiro atoms. The van der Waals surface area contributed by atoms with Crippen LogP contribution in [0.3, 0.4) is 0 Å². The van der Waals surface area contributed by atoms with Crippen molar-refractivity contribution in [3.8, 4) is 0 Å². The van der Waals surface area contributed by atoms with Crippen molar-refractivity contribution in [3.63, 3.8) is 0 Å². The minimum atomic E-state index is -0.457. The van der Waals surface area contributed by atoms with Crippen LogP contribution in [0, 0.1) is 10.1 Å². The van der Waals surface area contributed by atoms with E-state index in [0.717, 1.165) is 24.8 Å². The molecule has 0 saturated carbocycles. The smallest absolute Gasteiger partial charge is 0.293 e. The van der Waals surface area contributed by atoms with Crippen LogP contribution in [0.5, 0.6) is 0 Å². The van der Waals surface area contributed by atoms with E-state index in [1.54, 1.807) is 12.1 Å². The Labute approximate surface area is 99.0 Å². The lowest BCUT2D eigenvalue weighted by atomic mass is 9.95. The lowest BCUT2D eigenvalue weighted by Gasteiger charge is -2.06. The highest BCUT2D eigenvalue weighted by Gasteiger charge is 2.34. The lowest BCUT2D eigenvalue weighted by Crippen LogP contribution is -2.11. The van der Waals surface area contributed by atoms with Crippen LogP contribution in [0.25, 0.3) is 0 Å². The highest BCUT2D eigenvalue weighted by atomic mass is 16.6. The van der Waals surface area contributed by atoms with Crippen LogP contribution in [0.4, 0.5) is 11.4 Å². The Kier molecular flexibility index (Phi) is 3.08. The summed E-state index contributed by atoms with van der Waals surface area (Å²) < 4.78 is 0. The molecule has 90 valence electrons. The van der Waals surface area contributed by atoms with Gasteiger partial charge in [-0.2, -0.15) is 0 Å². The van der Waals surface area contributed by atoms with Crippen molar-refractivity contribution in [2.45, 2.75) is 32.1 Å². The largest absolute Gasteiger partial charge is 0.320 e. The van der Waals surface area contributed by atoms with E-state index < -0.39 is 4.92 Å². The van der Waals surface area contributed by atoms with Crippen LogP contribution in [0.1, 0.15) is 37.7 Å². The quantitative estimate of drug-likeness (QED) is 0.643. The number of nitro benzene ring substituents is 1. The summed E-state index contributed by atoms with van der Waals surface area (Å²) >= 11 is 0. The summed E-state index contributed by atoms with van der Waals surface area (Å²) in [5.74, 6) is -0.354. The van der Waals surface area contributed by atoms with E-state index in [4.69, 9.17) is 0 Å². The van der Waals surface area contributed by atoms with Crippen molar-refractivity contribution < 1.29 is 9.72 Å². The van der Waals surface area contributed by atoms with Gasteiger partial charge in [0.15, 0.2) is 0 Å². The zero-order valence-corrected chi connectivity index (χ0v) is 9.60. The van der Waals surface area contributed by atoms with Crippen LogP contribution in [0.15, 0.2) is 18.2 Å². The molecule has 0 radical (unpaired) electrons. The molecule has 0 aliphatic carbocycles. The zero-order valence-electron chi connectivity index (χ0n) is 9.60. The summed E-state index contributed by atoms with van der Waals surface area (Å²) in [6.07, 6.45) is 2.70. The first kappa shape index (κ1) is 11.6. The highest BCUT2D eigenvalue weighted by molar-refractivity contribution is 6.05. The Morgan fingerprint density at radius 2 is 2.24 bits per heavy atom. The SMILES string of the molecule is CCCCC1C(=O)Nc2c1cccc2[N+](=O)[O-]. The number of carbonyl (C=O) groups excluding carboxylic acids is 1. The number of unbranched alkanes of at least 4 members (excludes halogenated alkanes) is 1. The van der Waals surface area contributed by atoms with Gasteiger partial charge in [0.05, 0.1) is 10.8 Å². The van der Waals surface area contributed by atoms with Gasteiger partial charge in [0.25, 0.3) is 5.69 Å². The normalized spacial score (nSPS) is 17.7. The first-order chi connectivity index (χ1) is 8.15. The van der Waals surface area contributed by atoms with E-state index in [1.165, 1.54) is 6.07 Å². The maximum absolute atomic E-state index is 11.8. The van der Waals surface area contributed by atoms with E-state index in [2.05, 4.69) is 12.2 Å². The lowest BCUT2D eigenvalue weighted by molar-refractivity contribution is -0.383. The number of para-hydroxylation sites is 1. The minimum absolute atomic E-state index is 0.0187. The summed E-state index contributed by atoms with van der Waals surface area (Å²) in [6, 6.07) is 4.85. The molecule has 1 heterocycles. The summed E-state index contributed by atoms with van der Waals surface area (Å²) in [7, 11) is 0. The molecule has 1 aliphatic heterocycles. The third kappa shape index (κ3) is 2.00. The summed E-state index contributed by atoms with van der Waals surface area (Å²) in [5, 5.41) is 13.5. The minimum Gasteiger partial charge on any atom is -0.320 e. The molecule has 1 atom stereocenters. The molecule has 1 aliphatic rings. The van der Waals surface area contributed by atoms with E-state index in [0.29, 0.717) is 5.69 Å². The second-order valence-corrected chi connectivity index (χ2v) is 4.18. The molecule has 17 heavy (non-hydrogen) atoms. The molecule has 1 unspecified atom stereocenters. The van der Waals surface area contributed by atoms with E-state index in [1.807, 2.05) is 0 Å². The Hall–Kier alpha value is -1.91. The molecule has 1 N–H and O–H groups in total. The third-order valence-corrected chi connectivity index (χ3v) is 3.06. The number of hydrogen-bond donors (Lipinski definition) is 1. The number of nitro groups is 1. The maximum atomic E-state index is 11.8. The summed E-state index contributed by atoms with van der Waals surface area (Å²) in [5.41, 5.74) is 1.12. The summed E-state index contributed by atoms with van der Waals surface area (Å²) in [4.78, 5) is 22.2. The van der Waals surface area contributed by atoms with Crippen LogP contribution >= 0.6 is 0 Å². The van der Waals surface area contributed by atoms with Gasteiger partial charge in [-0.1, -0.05) is 31.9 Å². The van der Waals surface area contributed by atoms with Gasteiger partial charge in [0.2, 0.25) is 5.91 Å². The van der Waals surface area contributed by atoms with Gasteiger partial charge in [-0.3, -0.25) is 14.9 Å². The first-order valence-electron chi connectivity index (χ1n) is 5.73. The molecule has 1 aromatic carbocycles. The second kappa shape index (κ2) is 4.53. The van der Waals surface area contributed by atoms with Crippen molar-refractivity contribution in [1.29, 1.82) is 0 Å². The molecular formula is C12H14N2O3. The fraction of sp³-hybridized carbons (Fsp3) is 0.417. The average Bonchev–Trinajstić information content (AvgIpc) is 2.61. The molecular weight excluding hydrogens is 220 g/mol. The van der Waals surface area contributed by atoms with Crippen molar-refractivity contribution in [2.75, 3.05) is 5.32 Å². The number of anilines is 1. The summed E-state index contributed by atoms with van der Waals surface area (Å²) in [6.45, 7) is 2.06. The van der Waals surface area contributed by atoms with Crippen molar-refractivity contribution in [2.24, 2.45) is 0 Å². The molecule has 5 heteroatoms. The number of rotatable bonds is 4. The number of carbonyl (C=O) groups is 1. The van der Waals surface area contributed by atoms with Gasteiger partial charge in [-0.05, 0) is 12.0 Å². The monoisotopic (exact) mass is 234 g/mol. The maximum Gasteiger partial charge on any atom is 0.293 e. The average molecular weight is 234 g/mol. The number of nitrogens with one attached hydrogen (secondary N) is 1. The van der Waals surface area contributed by atoms with Crippen LogP contribution in [-0.4, -0.2) is 10.8 Å². The van der Waals surface area contributed by atoms with Crippen LogP contribution < -0.4 is 5.32 Å². The van der Waals surface area contributed by atoms with Crippen LogP contribution in [0.2, 0.25) is 0 Å². The number of fused-ring (bicyclic) bond motifs is 1. The van der Waals surface area contributed by atoms with Gasteiger partial charge in [-0.15, -0.1) is 0 Å². The van der Waals surface area contributed by atoms with E-state index >= 15 is 0 Å². The van der Waals surface area contributed by atoms with E-state index in [-0.39, 0.29) is 17.5 Å². The Bertz CT molecular complexity index is 471. The van der Waals surface area contributed by atoms with Gasteiger partial charge < -0.3 is 5.32 Å². The molecule has 0 bridgehead atoms. The number of benzene rings is 1. The van der Waals surface area contributed by atoms with Crippen molar-refractivity contribution >= 4 is 17.3 Å². The molecule has 5 nitrogen and oxygen atoms in total. The number of hydrogen-bond acceptors (Lipinski definition) is 3. The van der Waals surface area contributed by atoms with Gasteiger partial charge in [0, 0.05) is 6.07 Å². The standard InChI is InChI=1S/C12H14N2O3/c1-2-3-5-9-8-6-4-7-10(14(16)17)11(8)13-12(9)15/h4,6-7,9H,2-3,5H2,1H3,(H,13,15). The predicted octanol–water partition coefficient (Wildman–Crippen LogP) is 2.82. The molecule has 2 rings (SSSR count). The number of amides is 1. The zero-order chi connectivity index (χ0) is 12.4. The predicted molar refractivity (Wildman–Crippen MR) is 64.0 cm³/mol. The van der Waals surface area contributed by atoms with Gasteiger partial charge in [-0.25, -0.2) is 0 Å². The Balaban J connectivity index is 2.37. The van der Waals surface area contributed by atoms with Crippen LogP contribution in [-0.2, 0) is 4.79 Å². The molecule has 0 aromatic heterocycles.